The molecule has 0 amide bonds. The van der Waals surface area contributed by atoms with Crippen molar-refractivity contribution < 1.29 is 4.74 Å². The van der Waals surface area contributed by atoms with Gasteiger partial charge in [0, 0.05) is 19.3 Å². The van der Waals surface area contributed by atoms with Crippen LogP contribution in [0.15, 0.2) is 0 Å². The summed E-state index contributed by atoms with van der Waals surface area (Å²) in [6.45, 7) is 5.78. The summed E-state index contributed by atoms with van der Waals surface area (Å²) in [6, 6.07) is 0.344. The summed E-state index contributed by atoms with van der Waals surface area (Å²) in [4.78, 5) is 0. The zero-order valence-electron chi connectivity index (χ0n) is 7.10. The first-order valence-electron chi connectivity index (χ1n) is 4.14. The quantitative estimate of drug-likeness (QED) is 0.575. The monoisotopic (exact) mass is 145 g/mol. The van der Waals surface area contributed by atoms with Crippen LogP contribution in [0.25, 0.3) is 0 Å². The van der Waals surface area contributed by atoms with Crippen LogP contribution in [-0.2, 0) is 4.74 Å². The van der Waals surface area contributed by atoms with E-state index in [2.05, 4.69) is 6.92 Å². The van der Waals surface area contributed by atoms with E-state index in [0.29, 0.717) is 6.04 Å². The highest BCUT2D eigenvalue weighted by atomic mass is 16.5. The number of hydrogen-bond acceptors (Lipinski definition) is 2. The Labute approximate surface area is 63.7 Å². The Kier molecular flexibility index (Phi) is 6.98. The van der Waals surface area contributed by atoms with Gasteiger partial charge in [-0.1, -0.05) is 13.3 Å². The molecule has 0 fully saturated rings. The molecule has 0 rings (SSSR count). The first-order valence-corrected chi connectivity index (χ1v) is 4.14. The SMILES string of the molecule is CCC[C@@H](N)CCOCC. The first-order chi connectivity index (χ1) is 4.81. The summed E-state index contributed by atoms with van der Waals surface area (Å²) in [6.07, 6.45) is 3.29. The van der Waals surface area contributed by atoms with Gasteiger partial charge in [-0.3, -0.25) is 0 Å². The largest absolute Gasteiger partial charge is 0.382 e. The van der Waals surface area contributed by atoms with Crippen molar-refractivity contribution in [1.29, 1.82) is 0 Å². The van der Waals surface area contributed by atoms with E-state index in [4.69, 9.17) is 10.5 Å². The van der Waals surface area contributed by atoms with E-state index in [-0.39, 0.29) is 0 Å². The lowest BCUT2D eigenvalue weighted by atomic mass is 10.1. The van der Waals surface area contributed by atoms with Gasteiger partial charge in [-0.2, -0.15) is 0 Å². The maximum atomic E-state index is 5.74. The zero-order chi connectivity index (χ0) is 7.82. The zero-order valence-corrected chi connectivity index (χ0v) is 7.10. The van der Waals surface area contributed by atoms with Gasteiger partial charge in [-0.15, -0.1) is 0 Å². The molecule has 1 atom stereocenters. The lowest BCUT2D eigenvalue weighted by molar-refractivity contribution is 0.139. The molecule has 2 N–H and O–H groups in total. The standard InChI is InChI=1S/C8H19NO/c1-3-5-8(9)6-7-10-4-2/h8H,3-7,9H2,1-2H3/t8-/m1/s1. The highest BCUT2D eigenvalue weighted by Crippen LogP contribution is 1.97. The Hall–Kier alpha value is -0.0800. The highest BCUT2D eigenvalue weighted by molar-refractivity contribution is 4.58. The minimum absolute atomic E-state index is 0.344. The van der Waals surface area contributed by atoms with Gasteiger partial charge in [0.05, 0.1) is 0 Å². The van der Waals surface area contributed by atoms with Crippen LogP contribution in [-0.4, -0.2) is 19.3 Å². The van der Waals surface area contributed by atoms with Gasteiger partial charge in [-0.05, 0) is 19.8 Å². The smallest absolute Gasteiger partial charge is 0.0480 e. The lowest BCUT2D eigenvalue weighted by Gasteiger charge is -2.08. The van der Waals surface area contributed by atoms with Crippen molar-refractivity contribution in [3.63, 3.8) is 0 Å². The van der Waals surface area contributed by atoms with Gasteiger partial charge in [0.15, 0.2) is 0 Å². The average molecular weight is 145 g/mol. The number of hydrogen-bond donors (Lipinski definition) is 1. The number of rotatable bonds is 6. The van der Waals surface area contributed by atoms with E-state index in [0.717, 1.165) is 26.1 Å². The van der Waals surface area contributed by atoms with Gasteiger partial charge in [0.1, 0.15) is 0 Å². The minimum atomic E-state index is 0.344. The number of ether oxygens (including phenoxy) is 1. The molecule has 0 heterocycles. The Morgan fingerprint density at radius 1 is 1.30 bits per heavy atom. The second-order valence-corrected chi connectivity index (χ2v) is 2.53. The van der Waals surface area contributed by atoms with Gasteiger partial charge in [0.2, 0.25) is 0 Å². The topological polar surface area (TPSA) is 35.2 Å². The van der Waals surface area contributed by atoms with Gasteiger partial charge < -0.3 is 10.5 Å². The molecule has 0 aromatic carbocycles. The molecule has 0 aliphatic heterocycles. The maximum absolute atomic E-state index is 5.74. The van der Waals surface area contributed by atoms with Crippen molar-refractivity contribution in [3.8, 4) is 0 Å². The van der Waals surface area contributed by atoms with Gasteiger partial charge >= 0.3 is 0 Å². The van der Waals surface area contributed by atoms with Crippen LogP contribution in [0, 0.1) is 0 Å². The number of nitrogens with two attached hydrogens (primary N) is 1. The van der Waals surface area contributed by atoms with Gasteiger partial charge in [-0.25, -0.2) is 0 Å². The third-order valence-corrected chi connectivity index (χ3v) is 1.50. The molecule has 62 valence electrons. The van der Waals surface area contributed by atoms with Crippen LogP contribution < -0.4 is 5.73 Å². The van der Waals surface area contributed by atoms with E-state index in [1.165, 1.54) is 6.42 Å². The van der Waals surface area contributed by atoms with Crippen molar-refractivity contribution in [1.82, 2.24) is 0 Å². The summed E-state index contributed by atoms with van der Waals surface area (Å²) in [5, 5.41) is 0. The van der Waals surface area contributed by atoms with Crippen LogP contribution in [0.4, 0.5) is 0 Å². The second kappa shape index (κ2) is 7.03. The van der Waals surface area contributed by atoms with E-state index in [1.807, 2.05) is 6.92 Å². The van der Waals surface area contributed by atoms with Crippen molar-refractivity contribution in [2.45, 2.75) is 39.2 Å². The summed E-state index contributed by atoms with van der Waals surface area (Å²) < 4.78 is 5.17. The van der Waals surface area contributed by atoms with Crippen LogP contribution in [0.2, 0.25) is 0 Å². The van der Waals surface area contributed by atoms with Crippen molar-refractivity contribution in [2.75, 3.05) is 13.2 Å². The molecule has 0 aliphatic carbocycles. The van der Waals surface area contributed by atoms with Crippen LogP contribution in [0.5, 0.6) is 0 Å². The second-order valence-electron chi connectivity index (χ2n) is 2.53. The van der Waals surface area contributed by atoms with E-state index in [9.17, 15) is 0 Å². The molecule has 0 aromatic rings. The third kappa shape index (κ3) is 6.05. The molecular weight excluding hydrogens is 126 g/mol. The molecule has 0 spiro atoms. The Bertz CT molecular complexity index is 66.3. The molecule has 0 radical (unpaired) electrons. The Balaban J connectivity index is 2.97. The third-order valence-electron chi connectivity index (χ3n) is 1.50. The molecular formula is C8H19NO. The summed E-state index contributed by atoms with van der Waals surface area (Å²) >= 11 is 0. The molecule has 0 unspecified atom stereocenters. The molecule has 0 saturated carbocycles. The van der Waals surface area contributed by atoms with Crippen molar-refractivity contribution in [2.24, 2.45) is 5.73 Å². The minimum Gasteiger partial charge on any atom is -0.382 e. The summed E-state index contributed by atoms with van der Waals surface area (Å²) in [5.74, 6) is 0. The highest BCUT2D eigenvalue weighted by Gasteiger charge is 1.98. The lowest BCUT2D eigenvalue weighted by Crippen LogP contribution is -2.21. The Morgan fingerprint density at radius 2 is 2.00 bits per heavy atom. The van der Waals surface area contributed by atoms with E-state index in [1.54, 1.807) is 0 Å². The molecule has 0 saturated heterocycles. The molecule has 0 aromatic heterocycles. The predicted molar refractivity (Wildman–Crippen MR) is 44.0 cm³/mol. The van der Waals surface area contributed by atoms with Crippen LogP contribution in [0.1, 0.15) is 33.1 Å². The maximum Gasteiger partial charge on any atom is 0.0480 e. The first kappa shape index (κ1) is 9.92. The molecule has 2 heteroatoms. The molecule has 0 bridgehead atoms. The van der Waals surface area contributed by atoms with E-state index < -0.39 is 0 Å². The van der Waals surface area contributed by atoms with Crippen molar-refractivity contribution >= 4 is 0 Å². The average Bonchev–Trinajstić information content (AvgIpc) is 1.89. The van der Waals surface area contributed by atoms with Gasteiger partial charge in [0.25, 0.3) is 0 Å². The van der Waals surface area contributed by atoms with E-state index >= 15 is 0 Å². The fourth-order valence-corrected chi connectivity index (χ4v) is 0.894. The van der Waals surface area contributed by atoms with Crippen LogP contribution >= 0.6 is 0 Å². The molecule has 10 heavy (non-hydrogen) atoms. The fourth-order valence-electron chi connectivity index (χ4n) is 0.894. The molecule has 0 aliphatic rings. The van der Waals surface area contributed by atoms with Crippen LogP contribution in [0.3, 0.4) is 0 Å². The van der Waals surface area contributed by atoms with Crippen molar-refractivity contribution in [3.05, 3.63) is 0 Å². The fraction of sp³-hybridized carbons (Fsp3) is 1.00. The summed E-state index contributed by atoms with van der Waals surface area (Å²) in [7, 11) is 0. The summed E-state index contributed by atoms with van der Waals surface area (Å²) in [5.41, 5.74) is 5.74. The normalized spacial score (nSPS) is 13.5. The predicted octanol–water partition coefficient (Wildman–Crippen LogP) is 1.54. The molecule has 2 nitrogen and oxygen atoms in total. The Morgan fingerprint density at radius 3 is 2.50 bits per heavy atom.